The highest BCUT2D eigenvalue weighted by Crippen LogP contribution is 2.69. The lowest BCUT2D eigenvalue weighted by Gasteiger charge is -2.42. The van der Waals surface area contributed by atoms with Crippen LogP contribution in [0.3, 0.4) is 0 Å². The first kappa shape index (κ1) is 30.4. The van der Waals surface area contributed by atoms with Crippen molar-refractivity contribution in [2.45, 2.75) is 62.1 Å². The predicted molar refractivity (Wildman–Crippen MR) is 168 cm³/mol. The molecular formula is C34H42N2O5S. The number of fused-ring (bicyclic) bond motifs is 2. The highest BCUT2D eigenvalue weighted by molar-refractivity contribution is 8.02. The van der Waals surface area contributed by atoms with E-state index in [1.54, 1.807) is 33.7 Å². The van der Waals surface area contributed by atoms with Crippen molar-refractivity contribution in [3.05, 3.63) is 67.8 Å². The molecule has 2 amide bonds. The Morgan fingerprint density at radius 2 is 1.93 bits per heavy atom. The summed E-state index contributed by atoms with van der Waals surface area (Å²) in [6, 6.07) is 12.5. The van der Waals surface area contributed by atoms with Crippen LogP contribution in [0, 0.1) is 23.7 Å². The second-order valence-electron chi connectivity index (χ2n) is 12.2. The maximum absolute atomic E-state index is 14.9. The lowest BCUT2D eigenvalue weighted by Crippen LogP contribution is -2.60. The zero-order chi connectivity index (χ0) is 30.2. The standard InChI is InChI=1S/C34H42N2O5S/c1-6-8-11-17-41-33(40)28-27-18-22(5)34(42-27)29(28)31(38)36(26(20-37)21(3)4)30(34)32(39)35(16-7-2)25-15-14-23-12-9-10-13-24(23)19-25/h6-7,9-10,12-15,19,21-22,26-30,37H,1-2,8,11,16-18,20H2,3-5H3/t22?,26-,27+,28-,29-,30?,34?/m0/s1. The number of likely N-dealkylation sites (tertiary alicyclic amines) is 1. The van der Waals surface area contributed by atoms with Crippen molar-refractivity contribution in [1.82, 2.24) is 4.90 Å². The lowest BCUT2D eigenvalue weighted by molar-refractivity contribution is -0.155. The summed E-state index contributed by atoms with van der Waals surface area (Å²) in [5.74, 6) is -2.19. The molecule has 5 rings (SSSR count). The van der Waals surface area contributed by atoms with Gasteiger partial charge in [-0.2, -0.15) is 0 Å². The first-order valence-corrected chi connectivity index (χ1v) is 15.9. The van der Waals surface area contributed by atoms with E-state index in [0.29, 0.717) is 6.42 Å². The number of esters is 1. The maximum Gasteiger partial charge on any atom is 0.310 e. The number of carbonyl (C=O) groups excluding carboxylic acids is 3. The van der Waals surface area contributed by atoms with Crippen LogP contribution < -0.4 is 4.90 Å². The quantitative estimate of drug-likeness (QED) is 0.207. The van der Waals surface area contributed by atoms with Crippen LogP contribution >= 0.6 is 11.8 Å². The van der Waals surface area contributed by atoms with Gasteiger partial charge in [-0.05, 0) is 54.0 Å². The Bertz CT molecular complexity index is 1380. The summed E-state index contributed by atoms with van der Waals surface area (Å²) in [6.45, 7) is 13.9. The number of ether oxygens (including phenoxy) is 1. The molecular weight excluding hydrogens is 548 g/mol. The average molecular weight is 591 g/mol. The SMILES string of the molecule is C=CCCCOC(=O)[C@@H]1[C@H]2C(=O)N([C@@H](CO)C(C)C)C(C(=O)N(CC=C)c3ccc4ccccc4c3)C23S[C@@H]1CC3C. The Hall–Kier alpha value is -3.10. The van der Waals surface area contributed by atoms with Gasteiger partial charge in [-0.3, -0.25) is 14.4 Å². The number of aliphatic hydroxyl groups is 1. The molecule has 1 spiro atoms. The Morgan fingerprint density at radius 3 is 2.60 bits per heavy atom. The molecule has 224 valence electrons. The minimum atomic E-state index is -0.843. The summed E-state index contributed by atoms with van der Waals surface area (Å²) < 4.78 is 4.90. The number of carbonyl (C=O) groups is 3. The third-order valence-electron chi connectivity index (χ3n) is 9.42. The molecule has 7 atom stereocenters. The number of amides is 2. The van der Waals surface area contributed by atoms with Gasteiger partial charge in [-0.15, -0.1) is 24.9 Å². The smallest absolute Gasteiger partial charge is 0.310 e. The Kier molecular flexibility index (Phi) is 8.86. The van der Waals surface area contributed by atoms with E-state index in [9.17, 15) is 19.5 Å². The number of hydrogen-bond donors (Lipinski definition) is 1. The zero-order valence-corrected chi connectivity index (χ0v) is 25.6. The normalized spacial score (nSPS) is 28.6. The van der Waals surface area contributed by atoms with E-state index in [4.69, 9.17) is 4.74 Å². The fourth-order valence-electron chi connectivity index (χ4n) is 7.43. The largest absolute Gasteiger partial charge is 0.465 e. The van der Waals surface area contributed by atoms with Crippen molar-refractivity contribution in [3.63, 3.8) is 0 Å². The van der Waals surface area contributed by atoms with Crippen LogP contribution in [0.2, 0.25) is 0 Å². The van der Waals surface area contributed by atoms with Crippen molar-refractivity contribution in [1.29, 1.82) is 0 Å². The third-order valence-corrected chi connectivity index (χ3v) is 11.5. The van der Waals surface area contributed by atoms with Crippen LogP contribution in [0.15, 0.2) is 67.8 Å². The van der Waals surface area contributed by atoms with Gasteiger partial charge in [0.2, 0.25) is 5.91 Å². The van der Waals surface area contributed by atoms with Gasteiger partial charge in [0.05, 0.1) is 35.8 Å². The maximum atomic E-state index is 14.9. The van der Waals surface area contributed by atoms with Gasteiger partial charge in [0.25, 0.3) is 5.91 Å². The molecule has 3 saturated heterocycles. The topological polar surface area (TPSA) is 87.1 Å². The van der Waals surface area contributed by atoms with Crippen LogP contribution in [-0.4, -0.2) is 69.6 Å². The summed E-state index contributed by atoms with van der Waals surface area (Å²) in [4.78, 5) is 46.3. The number of thioether (sulfide) groups is 1. The second-order valence-corrected chi connectivity index (χ2v) is 13.7. The van der Waals surface area contributed by atoms with Gasteiger partial charge in [-0.1, -0.05) is 63.3 Å². The first-order valence-electron chi connectivity index (χ1n) is 15.0. The highest BCUT2D eigenvalue weighted by atomic mass is 32.2. The predicted octanol–water partition coefficient (Wildman–Crippen LogP) is 5.22. The van der Waals surface area contributed by atoms with E-state index in [0.717, 1.165) is 29.3 Å². The molecule has 3 unspecified atom stereocenters. The van der Waals surface area contributed by atoms with E-state index >= 15 is 0 Å². The molecule has 7 nitrogen and oxygen atoms in total. The third kappa shape index (κ3) is 4.86. The number of anilines is 1. The molecule has 3 heterocycles. The molecule has 0 saturated carbocycles. The van der Waals surface area contributed by atoms with Crippen molar-refractivity contribution in [2.24, 2.45) is 23.7 Å². The first-order chi connectivity index (χ1) is 20.2. The van der Waals surface area contributed by atoms with E-state index in [1.165, 1.54) is 0 Å². The molecule has 3 aliphatic rings. The Labute approximate surface area is 253 Å². The van der Waals surface area contributed by atoms with Gasteiger partial charge in [0, 0.05) is 17.5 Å². The van der Waals surface area contributed by atoms with E-state index in [2.05, 4.69) is 20.1 Å². The van der Waals surface area contributed by atoms with E-state index in [-0.39, 0.29) is 54.6 Å². The second kappa shape index (κ2) is 12.3. The number of benzene rings is 2. The van der Waals surface area contributed by atoms with Crippen molar-refractivity contribution < 1.29 is 24.2 Å². The van der Waals surface area contributed by atoms with Crippen LogP contribution in [0.5, 0.6) is 0 Å². The van der Waals surface area contributed by atoms with E-state index in [1.807, 2.05) is 56.3 Å². The number of allylic oxidation sites excluding steroid dienone is 1. The molecule has 3 fully saturated rings. The molecule has 2 bridgehead atoms. The van der Waals surface area contributed by atoms with Crippen LogP contribution in [-0.2, 0) is 19.1 Å². The molecule has 0 aliphatic carbocycles. The molecule has 2 aromatic rings. The summed E-state index contributed by atoms with van der Waals surface area (Å²) >= 11 is 1.62. The molecule has 0 aromatic heterocycles. The zero-order valence-electron chi connectivity index (χ0n) is 24.8. The fourth-order valence-corrected chi connectivity index (χ4v) is 9.82. The molecule has 1 N–H and O–H groups in total. The van der Waals surface area contributed by atoms with Gasteiger partial charge < -0.3 is 19.6 Å². The molecule has 0 radical (unpaired) electrons. The van der Waals surface area contributed by atoms with Gasteiger partial charge >= 0.3 is 5.97 Å². The van der Waals surface area contributed by atoms with Crippen molar-refractivity contribution in [2.75, 3.05) is 24.7 Å². The Balaban J connectivity index is 1.59. The number of nitrogens with zero attached hydrogens (tertiary/aromatic N) is 2. The molecule has 3 aliphatic heterocycles. The highest BCUT2D eigenvalue weighted by Gasteiger charge is 2.77. The minimum Gasteiger partial charge on any atom is -0.465 e. The summed E-state index contributed by atoms with van der Waals surface area (Å²) in [6.07, 6.45) is 5.63. The number of rotatable bonds is 12. The van der Waals surface area contributed by atoms with Crippen LogP contribution in [0.1, 0.15) is 40.0 Å². The van der Waals surface area contributed by atoms with Gasteiger partial charge in [0.15, 0.2) is 0 Å². The fraction of sp³-hybridized carbons (Fsp3) is 0.500. The van der Waals surface area contributed by atoms with Crippen molar-refractivity contribution in [3.8, 4) is 0 Å². The van der Waals surface area contributed by atoms with E-state index < -0.39 is 28.7 Å². The monoisotopic (exact) mass is 590 g/mol. The number of unbranched alkanes of at least 4 members (excludes halogenated alkanes) is 1. The summed E-state index contributed by atoms with van der Waals surface area (Å²) in [5.41, 5.74) is 0.722. The minimum absolute atomic E-state index is 0.0129. The van der Waals surface area contributed by atoms with Crippen LogP contribution in [0.25, 0.3) is 10.8 Å². The lowest BCUT2D eigenvalue weighted by atomic mass is 9.66. The average Bonchev–Trinajstić information content (AvgIpc) is 3.57. The van der Waals surface area contributed by atoms with Gasteiger partial charge in [0.1, 0.15) is 6.04 Å². The Morgan fingerprint density at radius 1 is 1.19 bits per heavy atom. The summed E-state index contributed by atoms with van der Waals surface area (Å²) in [7, 11) is 0. The number of hydrogen-bond acceptors (Lipinski definition) is 6. The van der Waals surface area contributed by atoms with Crippen molar-refractivity contribution >= 4 is 46.0 Å². The summed E-state index contributed by atoms with van der Waals surface area (Å²) in [5, 5.41) is 12.5. The number of aliphatic hydroxyl groups excluding tert-OH is 1. The molecule has 8 heteroatoms. The van der Waals surface area contributed by atoms with Gasteiger partial charge in [-0.25, -0.2) is 0 Å². The molecule has 42 heavy (non-hydrogen) atoms. The van der Waals surface area contributed by atoms with Crippen LogP contribution in [0.4, 0.5) is 5.69 Å². The molecule has 2 aromatic carbocycles.